The standard InChI is InChI=1S/C29H22N4O3S/c34-33(35)25-15-13-24(14-16-25)28-27(23-9-5-2-6-10-23)31-29(37-28)32-30-19-21-11-17-26(18-12-21)36-20-22-7-3-1-4-8-22/h1-19H,20H2,(H,31,32)/b30-19-. The van der Waals surface area contributed by atoms with Crippen molar-refractivity contribution in [3.63, 3.8) is 0 Å². The molecule has 0 spiro atoms. The van der Waals surface area contributed by atoms with Gasteiger partial charge in [-0.2, -0.15) is 5.10 Å². The monoisotopic (exact) mass is 506 g/mol. The van der Waals surface area contributed by atoms with Crippen molar-refractivity contribution >= 4 is 28.4 Å². The van der Waals surface area contributed by atoms with Crippen LogP contribution < -0.4 is 10.2 Å². The predicted octanol–water partition coefficient (Wildman–Crippen LogP) is 7.41. The first-order valence-corrected chi connectivity index (χ1v) is 12.3. The van der Waals surface area contributed by atoms with Crippen molar-refractivity contribution in [2.75, 3.05) is 5.43 Å². The summed E-state index contributed by atoms with van der Waals surface area (Å²) in [5, 5.41) is 16.0. The fourth-order valence-corrected chi connectivity index (χ4v) is 4.59. The summed E-state index contributed by atoms with van der Waals surface area (Å²) in [6.07, 6.45) is 1.72. The van der Waals surface area contributed by atoms with Crippen LogP contribution in [0.25, 0.3) is 21.7 Å². The highest BCUT2D eigenvalue weighted by atomic mass is 32.1. The van der Waals surface area contributed by atoms with Gasteiger partial charge in [-0.15, -0.1) is 0 Å². The number of ether oxygens (including phenoxy) is 1. The molecule has 0 saturated carbocycles. The van der Waals surface area contributed by atoms with E-state index < -0.39 is 4.92 Å². The Bertz CT molecular complexity index is 1500. The van der Waals surface area contributed by atoms with Gasteiger partial charge in [0, 0.05) is 17.7 Å². The SMILES string of the molecule is O=[N+]([O-])c1ccc(-c2sc(N/N=C\c3ccc(OCc4ccccc4)cc3)nc2-c2ccccc2)cc1. The van der Waals surface area contributed by atoms with Gasteiger partial charge in [0.1, 0.15) is 12.4 Å². The zero-order valence-electron chi connectivity index (χ0n) is 19.7. The summed E-state index contributed by atoms with van der Waals surface area (Å²) in [6.45, 7) is 0.515. The number of nitro groups is 1. The van der Waals surface area contributed by atoms with E-state index in [2.05, 4.69) is 10.5 Å². The fourth-order valence-electron chi connectivity index (χ4n) is 3.64. The third-order valence-corrected chi connectivity index (χ3v) is 6.53. The van der Waals surface area contributed by atoms with Gasteiger partial charge in [-0.25, -0.2) is 4.98 Å². The molecule has 0 unspecified atom stereocenters. The highest BCUT2D eigenvalue weighted by Crippen LogP contribution is 2.39. The van der Waals surface area contributed by atoms with Crippen molar-refractivity contribution < 1.29 is 9.66 Å². The molecule has 7 nitrogen and oxygen atoms in total. The van der Waals surface area contributed by atoms with Gasteiger partial charge >= 0.3 is 0 Å². The average molecular weight is 507 g/mol. The number of anilines is 1. The lowest BCUT2D eigenvalue weighted by Gasteiger charge is -2.06. The first kappa shape index (κ1) is 23.9. The van der Waals surface area contributed by atoms with Crippen molar-refractivity contribution in [2.24, 2.45) is 5.10 Å². The third kappa shape index (κ3) is 6.06. The highest BCUT2D eigenvalue weighted by molar-refractivity contribution is 7.19. The van der Waals surface area contributed by atoms with Crippen LogP contribution >= 0.6 is 11.3 Å². The van der Waals surface area contributed by atoms with Crippen molar-refractivity contribution in [2.45, 2.75) is 6.61 Å². The molecule has 5 rings (SSSR count). The van der Waals surface area contributed by atoms with Gasteiger partial charge in [-0.1, -0.05) is 72.0 Å². The Kier molecular flexibility index (Phi) is 7.29. The Balaban J connectivity index is 1.30. The minimum absolute atomic E-state index is 0.0500. The number of nitrogens with one attached hydrogen (secondary N) is 1. The van der Waals surface area contributed by atoms with E-state index >= 15 is 0 Å². The van der Waals surface area contributed by atoms with E-state index in [9.17, 15) is 10.1 Å². The van der Waals surface area contributed by atoms with E-state index in [1.54, 1.807) is 18.3 Å². The first-order valence-electron chi connectivity index (χ1n) is 11.5. The Morgan fingerprint density at radius 1 is 0.865 bits per heavy atom. The maximum Gasteiger partial charge on any atom is 0.269 e. The van der Waals surface area contributed by atoms with Gasteiger partial charge < -0.3 is 4.74 Å². The molecular formula is C29H22N4O3S. The average Bonchev–Trinajstić information content (AvgIpc) is 3.38. The second kappa shape index (κ2) is 11.3. The number of rotatable bonds is 9. The molecule has 0 amide bonds. The fraction of sp³-hybridized carbons (Fsp3) is 0.0345. The molecule has 0 fully saturated rings. The smallest absolute Gasteiger partial charge is 0.269 e. The molecule has 0 aliphatic rings. The third-order valence-electron chi connectivity index (χ3n) is 5.52. The second-order valence-corrected chi connectivity index (χ2v) is 9.08. The topological polar surface area (TPSA) is 89.7 Å². The largest absolute Gasteiger partial charge is 0.489 e. The lowest BCUT2D eigenvalue weighted by molar-refractivity contribution is -0.384. The molecular weight excluding hydrogens is 484 g/mol. The normalized spacial score (nSPS) is 10.9. The Morgan fingerprint density at radius 2 is 1.54 bits per heavy atom. The molecule has 37 heavy (non-hydrogen) atoms. The Morgan fingerprint density at radius 3 is 2.22 bits per heavy atom. The van der Waals surface area contributed by atoms with Gasteiger partial charge in [-0.3, -0.25) is 15.5 Å². The molecule has 8 heteroatoms. The molecule has 0 saturated heterocycles. The summed E-state index contributed by atoms with van der Waals surface area (Å²) >= 11 is 1.44. The molecule has 4 aromatic carbocycles. The van der Waals surface area contributed by atoms with Gasteiger partial charge in [0.25, 0.3) is 5.69 Å². The summed E-state index contributed by atoms with van der Waals surface area (Å²) in [6, 6.07) is 34.0. The number of thiazole rings is 1. The minimum Gasteiger partial charge on any atom is -0.489 e. The van der Waals surface area contributed by atoms with E-state index in [1.165, 1.54) is 23.5 Å². The Labute approximate surface area is 217 Å². The lowest BCUT2D eigenvalue weighted by Crippen LogP contribution is -1.95. The number of non-ortho nitro benzene ring substituents is 1. The first-order chi connectivity index (χ1) is 18.2. The lowest BCUT2D eigenvalue weighted by atomic mass is 10.1. The van der Waals surface area contributed by atoms with Crippen molar-refractivity contribution in [3.8, 4) is 27.4 Å². The van der Waals surface area contributed by atoms with E-state index in [4.69, 9.17) is 9.72 Å². The van der Waals surface area contributed by atoms with Gasteiger partial charge in [0.2, 0.25) is 5.13 Å². The predicted molar refractivity (Wildman–Crippen MR) is 148 cm³/mol. The summed E-state index contributed by atoms with van der Waals surface area (Å²) in [7, 11) is 0. The molecule has 0 atom stereocenters. The van der Waals surface area contributed by atoms with Crippen molar-refractivity contribution in [1.29, 1.82) is 0 Å². The number of hydrazone groups is 1. The molecule has 0 aliphatic heterocycles. The van der Waals surface area contributed by atoms with E-state index in [0.717, 1.165) is 38.6 Å². The summed E-state index contributed by atoms with van der Waals surface area (Å²) in [4.78, 5) is 16.3. The van der Waals surface area contributed by atoms with Crippen LogP contribution in [0.1, 0.15) is 11.1 Å². The molecule has 1 aromatic heterocycles. The number of aromatic nitrogens is 1. The van der Waals surface area contributed by atoms with Gasteiger partial charge in [0.15, 0.2) is 0 Å². The van der Waals surface area contributed by atoms with E-state index in [0.29, 0.717) is 11.7 Å². The molecule has 1 N–H and O–H groups in total. The Hall–Kier alpha value is -4.82. The number of nitro benzene ring substituents is 1. The van der Waals surface area contributed by atoms with E-state index in [1.807, 2.05) is 84.9 Å². The van der Waals surface area contributed by atoms with Crippen LogP contribution in [0, 0.1) is 10.1 Å². The molecule has 182 valence electrons. The summed E-state index contributed by atoms with van der Waals surface area (Å²) in [5.74, 6) is 0.786. The zero-order valence-corrected chi connectivity index (χ0v) is 20.5. The van der Waals surface area contributed by atoms with Crippen LogP contribution in [0.15, 0.2) is 114 Å². The van der Waals surface area contributed by atoms with Crippen LogP contribution in [-0.4, -0.2) is 16.1 Å². The number of hydrogen-bond acceptors (Lipinski definition) is 7. The number of hydrogen-bond donors (Lipinski definition) is 1. The van der Waals surface area contributed by atoms with Crippen LogP contribution in [0.4, 0.5) is 10.8 Å². The summed E-state index contributed by atoms with van der Waals surface area (Å²) in [5.41, 5.74) is 7.69. The van der Waals surface area contributed by atoms with Gasteiger partial charge in [0.05, 0.1) is 21.7 Å². The van der Waals surface area contributed by atoms with Crippen LogP contribution in [0.2, 0.25) is 0 Å². The highest BCUT2D eigenvalue weighted by Gasteiger charge is 2.16. The maximum absolute atomic E-state index is 11.0. The minimum atomic E-state index is -0.405. The second-order valence-electron chi connectivity index (χ2n) is 8.08. The number of nitrogens with zero attached hydrogens (tertiary/aromatic N) is 3. The van der Waals surface area contributed by atoms with Gasteiger partial charge in [-0.05, 0) is 53.1 Å². The van der Waals surface area contributed by atoms with Crippen LogP contribution in [0.3, 0.4) is 0 Å². The maximum atomic E-state index is 11.0. The zero-order chi connectivity index (χ0) is 25.5. The molecule has 0 radical (unpaired) electrons. The quantitative estimate of drug-likeness (QED) is 0.128. The van der Waals surface area contributed by atoms with Crippen LogP contribution in [0.5, 0.6) is 5.75 Å². The molecule has 5 aromatic rings. The van der Waals surface area contributed by atoms with Crippen molar-refractivity contribution in [1.82, 2.24) is 4.98 Å². The molecule has 1 heterocycles. The number of benzene rings is 4. The molecule has 0 aliphatic carbocycles. The van der Waals surface area contributed by atoms with Crippen LogP contribution in [-0.2, 0) is 6.61 Å². The van der Waals surface area contributed by atoms with Crippen molar-refractivity contribution in [3.05, 3.63) is 130 Å². The molecule has 0 bridgehead atoms. The van der Waals surface area contributed by atoms with E-state index in [-0.39, 0.29) is 5.69 Å². The summed E-state index contributed by atoms with van der Waals surface area (Å²) < 4.78 is 5.84.